The molecule has 0 radical (unpaired) electrons. The first kappa shape index (κ1) is 11.2. The lowest BCUT2D eigenvalue weighted by atomic mass is 10.2. The number of nitrogens with zero attached hydrogens (tertiary/aromatic N) is 2. The van der Waals surface area contributed by atoms with E-state index >= 15 is 0 Å². The molecule has 1 aliphatic heterocycles. The van der Waals surface area contributed by atoms with Crippen molar-refractivity contribution in [1.82, 2.24) is 4.98 Å². The van der Waals surface area contributed by atoms with Gasteiger partial charge in [-0.25, -0.2) is 4.98 Å². The molecule has 1 saturated heterocycles. The minimum Gasteiger partial charge on any atom is -0.357 e. The van der Waals surface area contributed by atoms with Crippen molar-refractivity contribution in [2.75, 3.05) is 18.0 Å². The van der Waals surface area contributed by atoms with E-state index in [0.29, 0.717) is 11.5 Å². The summed E-state index contributed by atoms with van der Waals surface area (Å²) in [7, 11) is 0. The van der Waals surface area contributed by atoms with E-state index in [-0.39, 0.29) is 0 Å². The van der Waals surface area contributed by atoms with Crippen LogP contribution in [-0.2, 0) is 6.18 Å². The Hall–Kier alpha value is -1.26. The van der Waals surface area contributed by atoms with E-state index in [1.807, 2.05) is 4.90 Å². The Morgan fingerprint density at radius 3 is 2.38 bits per heavy atom. The van der Waals surface area contributed by atoms with Gasteiger partial charge in [-0.05, 0) is 31.9 Å². The van der Waals surface area contributed by atoms with Gasteiger partial charge in [0.05, 0.1) is 5.56 Å². The smallest absolute Gasteiger partial charge is 0.357 e. The lowest BCUT2D eigenvalue weighted by molar-refractivity contribution is -0.137. The van der Waals surface area contributed by atoms with Gasteiger partial charge >= 0.3 is 6.18 Å². The van der Waals surface area contributed by atoms with Crippen LogP contribution >= 0.6 is 0 Å². The zero-order valence-electron chi connectivity index (χ0n) is 9.01. The first-order valence-corrected chi connectivity index (χ1v) is 5.27. The summed E-state index contributed by atoms with van der Waals surface area (Å²) in [6, 6.07) is 2.22. The number of halogens is 3. The van der Waals surface area contributed by atoms with Crippen LogP contribution in [0.15, 0.2) is 12.1 Å². The van der Waals surface area contributed by atoms with Crippen LogP contribution in [-0.4, -0.2) is 18.1 Å². The molecule has 2 rings (SSSR count). The van der Waals surface area contributed by atoms with E-state index < -0.39 is 11.7 Å². The van der Waals surface area contributed by atoms with Gasteiger partial charge in [-0.2, -0.15) is 13.2 Å². The lowest BCUT2D eigenvalue weighted by Crippen LogP contribution is -2.20. The fourth-order valence-electron chi connectivity index (χ4n) is 1.92. The minimum absolute atomic E-state index is 0.414. The molecule has 1 aromatic heterocycles. The third-order valence-electron chi connectivity index (χ3n) is 2.70. The van der Waals surface area contributed by atoms with Crippen LogP contribution in [0.5, 0.6) is 0 Å². The molecule has 1 fully saturated rings. The minimum atomic E-state index is -4.29. The zero-order chi connectivity index (χ0) is 11.8. The molecule has 0 amide bonds. The summed E-state index contributed by atoms with van der Waals surface area (Å²) >= 11 is 0. The molecule has 0 unspecified atom stereocenters. The number of alkyl halides is 3. The predicted octanol–water partition coefficient (Wildman–Crippen LogP) is 3.01. The Bertz CT molecular complexity index is 381. The van der Waals surface area contributed by atoms with Crippen LogP contribution in [0.1, 0.15) is 24.1 Å². The van der Waals surface area contributed by atoms with E-state index in [0.717, 1.165) is 38.1 Å². The number of aryl methyl sites for hydroxylation is 1. The van der Waals surface area contributed by atoms with Crippen molar-refractivity contribution in [3.63, 3.8) is 0 Å². The highest BCUT2D eigenvalue weighted by Crippen LogP contribution is 2.32. The average Bonchev–Trinajstić information content (AvgIpc) is 2.68. The molecule has 1 aromatic rings. The predicted molar refractivity (Wildman–Crippen MR) is 55.4 cm³/mol. The number of hydrogen-bond acceptors (Lipinski definition) is 2. The number of aromatic nitrogens is 1. The lowest BCUT2D eigenvalue weighted by Gasteiger charge is -2.18. The summed E-state index contributed by atoms with van der Waals surface area (Å²) in [4.78, 5) is 6.06. The molecule has 2 heterocycles. The van der Waals surface area contributed by atoms with E-state index in [1.165, 1.54) is 0 Å². The van der Waals surface area contributed by atoms with Crippen LogP contribution in [0.4, 0.5) is 19.0 Å². The summed E-state index contributed by atoms with van der Waals surface area (Å²) in [6.07, 6.45) is -2.24. The van der Waals surface area contributed by atoms with Gasteiger partial charge in [0.1, 0.15) is 5.82 Å². The highest BCUT2D eigenvalue weighted by atomic mass is 19.4. The third kappa shape index (κ3) is 2.28. The zero-order valence-corrected chi connectivity index (χ0v) is 9.01. The van der Waals surface area contributed by atoms with Crippen molar-refractivity contribution >= 4 is 5.82 Å². The molecule has 16 heavy (non-hydrogen) atoms. The molecule has 0 aromatic carbocycles. The maximum atomic E-state index is 12.6. The monoisotopic (exact) mass is 230 g/mol. The van der Waals surface area contributed by atoms with Gasteiger partial charge in [0.2, 0.25) is 0 Å². The van der Waals surface area contributed by atoms with Gasteiger partial charge in [0, 0.05) is 18.8 Å². The molecule has 0 saturated carbocycles. The Morgan fingerprint density at radius 2 is 1.81 bits per heavy atom. The van der Waals surface area contributed by atoms with E-state index in [4.69, 9.17) is 0 Å². The molecular weight excluding hydrogens is 217 g/mol. The molecule has 88 valence electrons. The maximum absolute atomic E-state index is 12.6. The molecule has 0 atom stereocenters. The molecule has 0 spiro atoms. The van der Waals surface area contributed by atoms with E-state index in [1.54, 1.807) is 6.92 Å². The van der Waals surface area contributed by atoms with Crippen LogP contribution in [0.25, 0.3) is 0 Å². The number of pyridine rings is 1. The average molecular weight is 230 g/mol. The fourth-order valence-corrected chi connectivity index (χ4v) is 1.92. The first-order valence-electron chi connectivity index (χ1n) is 5.27. The Kier molecular flexibility index (Phi) is 2.78. The topological polar surface area (TPSA) is 16.1 Å². The van der Waals surface area contributed by atoms with Crippen molar-refractivity contribution in [2.45, 2.75) is 25.9 Å². The molecule has 2 nitrogen and oxygen atoms in total. The van der Waals surface area contributed by atoms with Crippen molar-refractivity contribution in [2.24, 2.45) is 0 Å². The van der Waals surface area contributed by atoms with Gasteiger partial charge in [-0.1, -0.05) is 0 Å². The highest BCUT2D eigenvalue weighted by Gasteiger charge is 2.32. The molecular formula is C11H13F3N2. The molecule has 5 heteroatoms. The second kappa shape index (κ2) is 3.96. The normalized spacial score (nSPS) is 16.9. The molecule has 1 aliphatic rings. The number of rotatable bonds is 1. The van der Waals surface area contributed by atoms with Crippen molar-refractivity contribution in [1.29, 1.82) is 0 Å². The summed E-state index contributed by atoms with van der Waals surface area (Å²) in [5, 5.41) is 0. The van der Waals surface area contributed by atoms with Crippen molar-refractivity contribution in [3.05, 3.63) is 23.4 Å². The summed E-state index contributed by atoms with van der Waals surface area (Å²) in [6.45, 7) is 3.19. The molecule has 0 bridgehead atoms. The maximum Gasteiger partial charge on any atom is 0.416 e. The Balaban J connectivity index is 2.35. The van der Waals surface area contributed by atoms with Gasteiger partial charge in [0.25, 0.3) is 0 Å². The third-order valence-corrected chi connectivity index (χ3v) is 2.70. The molecule has 0 aliphatic carbocycles. The second-order valence-electron chi connectivity index (χ2n) is 4.05. The first-order chi connectivity index (χ1) is 7.47. The van der Waals surface area contributed by atoms with Crippen molar-refractivity contribution < 1.29 is 13.2 Å². The SMILES string of the molecule is Cc1cc(C(F)(F)F)cc(N2CCCC2)n1. The van der Waals surface area contributed by atoms with E-state index in [2.05, 4.69) is 4.98 Å². The van der Waals surface area contributed by atoms with Gasteiger partial charge in [0.15, 0.2) is 0 Å². The Labute approximate surface area is 92.1 Å². The van der Waals surface area contributed by atoms with Gasteiger partial charge in [-0.15, -0.1) is 0 Å². The summed E-state index contributed by atoms with van der Waals surface area (Å²) in [5.74, 6) is 0.449. The largest absolute Gasteiger partial charge is 0.416 e. The van der Waals surface area contributed by atoms with Gasteiger partial charge < -0.3 is 4.90 Å². The Morgan fingerprint density at radius 1 is 1.19 bits per heavy atom. The van der Waals surface area contributed by atoms with Crippen LogP contribution < -0.4 is 4.90 Å². The standard InChI is InChI=1S/C11H13F3N2/c1-8-6-9(11(12,13)14)7-10(15-8)16-4-2-3-5-16/h6-7H,2-5H2,1H3. The van der Waals surface area contributed by atoms with Crippen molar-refractivity contribution in [3.8, 4) is 0 Å². The molecule has 0 N–H and O–H groups in total. The quantitative estimate of drug-likeness (QED) is 0.737. The second-order valence-corrected chi connectivity index (χ2v) is 4.05. The summed E-state index contributed by atoms with van der Waals surface area (Å²) in [5.41, 5.74) is -0.196. The number of anilines is 1. The number of hydrogen-bond donors (Lipinski definition) is 0. The van der Waals surface area contributed by atoms with Crippen LogP contribution in [0, 0.1) is 6.92 Å². The highest BCUT2D eigenvalue weighted by molar-refractivity contribution is 5.44. The summed E-state index contributed by atoms with van der Waals surface area (Å²) < 4.78 is 37.8. The van der Waals surface area contributed by atoms with Crippen LogP contribution in [0.2, 0.25) is 0 Å². The van der Waals surface area contributed by atoms with E-state index in [9.17, 15) is 13.2 Å². The van der Waals surface area contributed by atoms with Crippen LogP contribution in [0.3, 0.4) is 0 Å². The van der Waals surface area contributed by atoms with Gasteiger partial charge in [-0.3, -0.25) is 0 Å². The fraction of sp³-hybridized carbons (Fsp3) is 0.545.